The molecule has 1 heterocycles. The van der Waals surface area contributed by atoms with Gasteiger partial charge in [-0.15, -0.1) is 0 Å². The van der Waals surface area contributed by atoms with E-state index in [0.717, 1.165) is 23.3 Å². The molecule has 20 heavy (non-hydrogen) atoms. The minimum absolute atomic E-state index is 0.192. The van der Waals surface area contributed by atoms with Crippen LogP contribution in [0.2, 0.25) is 0 Å². The molecule has 4 heteroatoms. The van der Waals surface area contributed by atoms with Crippen molar-refractivity contribution in [2.45, 2.75) is 26.8 Å². The first-order valence-corrected chi connectivity index (χ1v) is 6.81. The predicted octanol–water partition coefficient (Wildman–Crippen LogP) is 2.97. The van der Waals surface area contributed by atoms with Crippen molar-refractivity contribution >= 4 is 0 Å². The molecule has 0 saturated carbocycles. The summed E-state index contributed by atoms with van der Waals surface area (Å²) in [5.41, 5.74) is 1.77. The van der Waals surface area contributed by atoms with E-state index in [9.17, 15) is 4.79 Å². The molecular weight excluding hydrogens is 252 g/mol. The second-order valence-electron chi connectivity index (χ2n) is 5.23. The molecule has 0 amide bonds. The minimum atomic E-state index is -0.192. The smallest absolute Gasteiger partial charge is 0.347 e. The monoisotopic (exact) mass is 272 g/mol. The lowest BCUT2D eigenvalue weighted by Crippen LogP contribution is -2.22. The second-order valence-corrected chi connectivity index (χ2v) is 5.23. The molecule has 0 bridgehead atoms. The van der Waals surface area contributed by atoms with Crippen molar-refractivity contribution in [1.29, 1.82) is 0 Å². The van der Waals surface area contributed by atoms with E-state index in [0.29, 0.717) is 12.5 Å². The standard InChI is InChI=1S/C16H20N2O2/c1-12(2)8-9-18-11-14(10-17-16(18)19)13-4-6-15(20-3)7-5-13/h4-7,10-12H,8-9H2,1-3H3. The number of rotatable bonds is 5. The number of aryl methyl sites for hydroxylation is 1. The van der Waals surface area contributed by atoms with Gasteiger partial charge in [-0.05, 0) is 30.0 Å². The maximum absolute atomic E-state index is 11.7. The van der Waals surface area contributed by atoms with E-state index >= 15 is 0 Å². The van der Waals surface area contributed by atoms with Crippen molar-refractivity contribution < 1.29 is 4.74 Å². The molecule has 0 fully saturated rings. The van der Waals surface area contributed by atoms with Crippen molar-refractivity contribution in [3.63, 3.8) is 0 Å². The Morgan fingerprint density at radius 3 is 2.50 bits per heavy atom. The Morgan fingerprint density at radius 2 is 1.90 bits per heavy atom. The average Bonchev–Trinajstić information content (AvgIpc) is 2.46. The minimum Gasteiger partial charge on any atom is -0.497 e. The molecule has 0 saturated heterocycles. The Morgan fingerprint density at radius 1 is 1.20 bits per heavy atom. The van der Waals surface area contributed by atoms with Crippen LogP contribution in [0.25, 0.3) is 11.1 Å². The molecular formula is C16H20N2O2. The number of hydrogen-bond acceptors (Lipinski definition) is 3. The zero-order valence-corrected chi connectivity index (χ0v) is 12.2. The largest absolute Gasteiger partial charge is 0.497 e. The summed E-state index contributed by atoms with van der Waals surface area (Å²) in [7, 11) is 1.64. The van der Waals surface area contributed by atoms with Crippen LogP contribution in [-0.2, 0) is 6.54 Å². The van der Waals surface area contributed by atoms with Crippen molar-refractivity contribution in [2.24, 2.45) is 5.92 Å². The highest BCUT2D eigenvalue weighted by Crippen LogP contribution is 2.20. The quantitative estimate of drug-likeness (QED) is 0.840. The number of benzene rings is 1. The molecule has 0 N–H and O–H groups in total. The summed E-state index contributed by atoms with van der Waals surface area (Å²) in [6.07, 6.45) is 4.46. The first kappa shape index (κ1) is 14.3. The Kier molecular flexibility index (Phi) is 4.56. The molecule has 2 rings (SSSR count). The van der Waals surface area contributed by atoms with Crippen molar-refractivity contribution in [2.75, 3.05) is 7.11 Å². The second kappa shape index (κ2) is 6.37. The van der Waals surface area contributed by atoms with Crippen LogP contribution in [0, 0.1) is 5.92 Å². The molecule has 0 unspecified atom stereocenters. The van der Waals surface area contributed by atoms with Gasteiger partial charge in [0.25, 0.3) is 0 Å². The number of methoxy groups -OCH3 is 1. The Bertz CT molecular complexity index is 615. The normalized spacial score (nSPS) is 10.8. The topological polar surface area (TPSA) is 44.1 Å². The van der Waals surface area contributed by atoms with Gasteiger partial charge in [0.2, 0.25) is 0 Å². The van der Waals surface area contributed by atoms with Gasteiger partial charge in [0.05, 0.1) is 7.11 Å². The van der Waals surface area contributed by atoms with E-state index < -0.39 is 0 Å². The molecule has 0 radical (unpaired) electrons. The van der Waals surface area contributed by atoms with Gasteiger partial charge < -0.3 is 4.74 Å². The van der Waals surface area contributed by atoms with Crippen LogP contribution < -0.4 is 10.4 Å². The fraction of sp³-hybridized carbons (Fsp3) is 0.375. The average molecular weight is 272 g/mol. The van der Waals surface area contributed by atoms with E-state index in [1.807, 2.05) is 30.5 Å². The number of ether oxygens (including phenoxy) is 1. The molecule has 2 aromatic rings. The number of aromatic nitrogens is 2. The number of hydrogen-bond donors (Lipinski definition) is 0. The molecule has 4 nitrogen and oxygen atoms in total. The SMILES string of the molecule is COc1ccc(-c2cnc(=O)n(CCC(C)C)c2)cc1. The Balaban J connectivity index is 2.27. The predicted molar refractivity (Wildman–Crippen MR) is 79.9 cm³/mol. The first-order valence-electron chi connectivity index (χ1n) is 6.81. The summed E-state index contributed by atoms with van der Waals surface area (Å²) < 4.78 is 6.82. The van der Waals surface area contributed by atoms with Crippen molar-refractivity contribution in [1.82, 2.24) is 9.55 Å². The van der Waals surface area contributed by atoms with Crippen LogP contribution in [0.3, 0.4) is 0 Å². The van der Waals surface area contributed by atoms with Gasteiger partial charge in [0.15, 0.2) is 0 Å². The van der Waals surface area contributed by atoms with E-state index in [1.54, 1.807) is 17.9 Å². The summed E-state index contributed by atoms with van der Waals surface area (Å²) >= 11 is 0. The highest BCUT2D eigenvalue weighted by molar-refractivity contribution is 5.62. The molecule has 0 aliphatic heterocycles. The van der Waals surface area contributed by atoms with Crippen LogP contribution in [0.15, 0.2) is 41.5 Å². The maximum Gasteiger partial charge on any atom is 0.347 e. The zero-order valence-electron chi connectivity index (χ0n) is 12.2. The van der Waals surface area contributed by atoms with Gasteiger partial charge in [-0.3, -0.25) is 4.57 Å². The lowest BCUT2D eigenvalue weighted by molar-refractivity contribution is 0.415. The van der Waals surface area contributed by atoms with Crippen molar-refractivity contribution in [3.05, 3.63) is 47.1 Å². The summed E-state index contributed by atoms with van der Waals surface area (Å²) in [6.45, 7) is 4.99. The fourth-order valence-electron chi connectivity index (χ4n) is 1.95. The Hall–Kier alpha value is -2.10. The first-order chi connectivity index (χ1) is 9.60. The maximum atomic E-state index is 11.7. The summed E-state index contributed by atoms with van der Waals surface area (Å²) in [5, 5.41) is 0. The van der Waals surface area contributed by atoms with Gasteiger partial charge in [-0.1, -0.05) is 26.0 Å². The van der Waals surface area contributed by atoms with Gasteiger partial charge in [-0.25, -0.2) is 9.78 Å². The summed E-state index contributed by atoms with van der Waals surface area (Å²) in [5.74, 6) is 1.38. The molecule has 0 aliphatic rings. The molecule has 106 valence electrons. The third-order valence-electron chi connectivity index (χ3n) is 3.23. The molecule has 0 spiro atoms. The van der Waals surface area contributed by atoms with Crippen LogP contribution in [0.4, 0.5) is 0 Å². The van der Waals surface area contributed by atoms with Gasteiger partial charge >= 0.3 is 5.69 Å². The lowest BCUT2D eigenvalue weighted by Gasteiger charge is -2.09. The molecule has 0 aliphatic carbocycles. The van der Waals surface area contributed by atoms with Crippen LogP contribution in [0.1, 0.15) is 20.3 Å². The molecule has 1 aromatic carbocycles. The van der Waals surface area contributed by atoms with E-state index in [1.165, 1.54) is 0 Å². The van der Waals surface area contributed by atoms with Gasteiger partial charge in [-0.2, -0.15) is 0 Å². The summed E-state index contributed by atoms with van der Waals surface area (Å²) in [6, 6.07) is 7.73. The third-order valence-corrected chi connectivity index (χ3v) is 3.23. The molecule has 1 aromatic heterocycles. The molecule has 0 atom stereocenters. The highest BCUT2D eigenvalue weighted by Gasteiger charge is 2.04. The third kappa shape index (κ3) is 3.47. The van der Waals surface area contributed by atoms with Crippen LogP contribution in [0.5, 0.6) is 5.75 Å². The van der Waals surface area contributed by atoms with Gasteiger partial charge in [0, 0.05) is 24.5 Å². The van der Waals surface area contributed by atoms with Gasteiger partial charge in [0.1, 0.15) is 5.75 Å². The van der Waals surface area contributed by atoms with E-state index in [2.05, 4.69) is 18.8 Å². The lowest BCUT2D eigenvalue weighted by atomic mass is 10.1. The summed E-state index contributed by atoms with van der Waals surface area (Å²) in [4.78, 5) is 15.7. The fourth-order valence-corrected chi connectivity index (χ4v) is 1.95. The highest BCUT2D eigenvalue weighted by atomic mass is 16.5. The van der Waals surface area contributed by atoms with E-state index in [4.69, 9.17) is 4.74 Å². The zero-order chi connectivity index (χ0) is 14.5. The number of nitrogens with zero attached hydrogens (tertiary/aromatic N) is 2. The van der Waals surface area contributed by atoms with Crippen molar-refractivity contribution in [3.8, 4) is 16.9 Å². The van der Waals surface area contributed by atoms with Crippen LogP contribution in [-0.4, -0.2) is 16.7 Å². The van der Waals surface area contributed by atoms with E-state index in [-0.39, 0.29) is 5.69 Å². The van der Waals surface area contributed by atoms with Crippen LogP contribution >= 0.6 is 0 Å². The Labute approximate surface area is 119 Å².